The first-order valence-corrected chi connectivity index (χ1v) is 7.01. The van der Waals surface area contributed by atoms with Crippen molar-refractivity contribution < 1.29 is 9.84 Å². The number of nitrogens with zero attached hydrogens (tertiary/aromatic N) is 2. The van der Waals surface area contributed by atoms with Gasteiger partial charge in [-0.2, -0.15) is 5.26 Å². The number of anilines is 1. The summed E-state index contributed by atoms with van der Waals surface area (Å²) in [4.78, 5) is 2.28. The van der Waals surface area contributed by atoms with Crippen molar-refractivity contribution in [2.75, 3.05) is 25.1 Å². The summed E-state index contributed by atoms with van der Waals surface area (Å²) in [5.74, 6) is 0.966. The molecule has 1 heterocycles. The van der Waals surface area contributed by atoms with Crippen molar-refractivity contribution in [1.29, 1.82) is 5.26 Å². The second kappa shape index (κ2) is 5.72. The molecule has 0 amide bonds. The Kier molecular flexibility index (Phi) is 4.20. The third kappa shape index (κ3) is 3.05. The molecule has 0 aromatic heterocycles. The van der Waals surface area contributed by atoms with E-state index in [9.17, 15) is 5.11 Å². The average molecular weight is 274 g/mol. The molecule has 2 rings (SSSR count). The van der Waals surface area contributed by atoms with Gasteiger partial charge >= 0.3 is 0 Å². The Bertz CT molecular complexity index is 506. The molecule has 0 aliphatic carbocycles. The minimum atomic E-state index is -0.603. The molecule has 1 fully saturated rings. The van der Waals surface area contributed by atoms with Crippen LogP contribution in [0.3, 0.4) is 0 Å². The largest absolute Gasteiger partial charge is 0.495 e. The van der Waals surface area contributed by atoms with Crippen LogP contribution in [0.25, 0.3) is 0 Å². The Balaban J connectivity index is 2.10. The van der Waals surface area contributed by atoms with Crippen molar-refractivity contribution in [2.45, 2.75) is 32.3 Å². The molecule has 0 radical (unpaired) electrons. The smallest absolute Gasteiger partial charge is 0.138 e. The maximum absolute atomic E-state index is 10.1. The van der Waals surface area contributed by atoms with Gasteiger partial charge in [-0.1, -0.05) is 0 Å². The molecule has 4 nitrogen and oxygen atoms in total. The number of rotatable bonds is 3. The summed E-state index contributed by atoms with van der Waals surface area (Å²) in [6, 6.07) is 7.81. The number of piperidine rings is 1. The van der Waals surface area contributed by atoms with Gasteiger partial charge in [-0.15, -0.1) is 0 Å². The van der Waals surface area contributed by atoms with Crippen LogP contribution in [0.1, 0.15) is 32.3 Å². The van der Waals surface area contributed by atoms with Crippen molar-refractivity contribution in [2.24, 2.45) is 5.92 Å². The van der Waals surface area contributed by atoms with E-state index in [4.69, 9.17) is 10.00 Å². The summed E-state index contributed by atoms with van der Waals surface area (Å²) in [7, 11) is 1.58. The van der Waals surface area contributed by atoms with Crippen molar-refractivity contribution in [3.63, 3.8) is 0 Å². The number of hydrogen-bond acceptors (Lipinski definition) is 4. The highest BCUT2D eigenvalue weighted by Crippen LogP contribution is 2.32. The van der Waals surface area contributed by atoms with Crippen molar-refractivity contribution >= 4 is 5.69 Å². The molecule has 1 aliphatic rings. The molecular weight excluding hydrogens is 252 g/mol. The first kappa shape index (κ1) is 14.7. The molecule has 0 atom stereocenters. The molecule has 1 N–H and O–H groups in total. The lowest BCUT2D eigenvalue weighted by atomic mass is 9.83. The molecule has 1 aromatic carbocycles. The number of aliphatic hydroxyl groups is 1. The Morgan fingerprint density at radius 2 is 2.00 bits per heavy atom. The van der Waals surface area contributed by atoms with Gasteiger partial charge in [-0.25, -0.2) is 0 Å². The van der Waals surface area contributed by atoms with E-state index in [1.54, 1.807) is 13.2 Å². The Labute approximate surface area is 120 Å². The summed E-state index contributed by atoms with van der Waals surface area (Å²) >= 11 is 0. The quantitative estimate of drug-likeness (QED) is 0.920. The molecule has 0 unspecified atom stereocenters. The summed E-state index contributed by atoms with van der Waals surface area (Å²) in [6.07, 6.45) is 1.96. The third-order valence-electron chi connectivity index (χ3n) is 4.16. The third-order valence-corrected chi connectivity index (χ3v) is 4.16. The second-order valence-corrected chi connectivity index (χ2v) is 5.91. The van der Waals surface area contributed by atoms with Crippen LogP contribution in [-0.2, 0) is 0 Å². The number of ether oxygens (including phenoxy) is 1. The van der Waals surface area contributed by atoms with E-state index in [1.807, 2.05) is 26.0 Å². The van der Waals surface area contributed by atoms with E-state index in [2.05, 4.69) is 11.0 Å². The molecule has 0 bridgehead atoms. The summed E-state index contributed by atoms with van der Waals surface area (Å²) in [6.45, 7) is 5.61. The van der Waals surface area contributed by atoms with Crippen LogP contribution in [0.5, 0.6) is 5.75 Å². The van der Waals surface area contributed by atoms with E-state index in [-0.39, 0.29) is 0 Å². The first-order valence-electron chi connectivity index (χ1n) is 7.01. The van der Waals surface area contributed by atoms with E-state index in [0.29, 0.717) is 17.2 Å². The van der Waals surface area contributed by atoms with Gasteiger partial charge in [-0.05, 0) is 44.7 Å². The van der Waals surface area contributed by atoms with Gasteiger partial charge in [-0.3, -0.25) is 0 Å². The zero-order valence-corrected chi connectivity index (χ0v) is 12.4. The summed E-state index contributed by atoms with van der Waals surface area (Å²) in [5.41, 5.74) is 1.03. The zero-order valence-electron chi connectivity index (χ0n) is 12.4. The van der Waals surface area contributed by atoms with Crippen LogP contribution in [-0.4, -0.2) is 30.9 Å². The fraction of sp³-hybridized carbons (Fsp3) is 0.562. The molecule has 108 valence electrons. The maximum atomic E-state index is 10.1. The van der Waals surface area contributed by atoms with E-state index in [1.165, 1.54) is 0 Å². The summed E-state index contributed by atoms with van der Waals surface area (Å²) < 4.78 is 5.25. The van der Waals surface area contributed by atoms with Gasteiger partial charge in [0.05, 0.1) is 18.3 Å². The fourth-order valence-electron chi connectivity index (χ4n) is 2.81. The second-order valence-electron chi connectivity index (χ2n) is 5.91. The highest BCUT2D eigenvalue weighted by Gasteiger charge is 2.30. The molecule has 1 aromatic rings. The van der Waals surface area contributed by atoms with Gasteiger partial charge in [0.15, 0.2) is 0 Å². The topological polar surface area (TPSA) is 56.5 Å². The zero-order chi connectivity index (χ0) is 14.8. The number of benzene rings is 1. The Morgan fingerprint density at radius 3 is 2.50 bits per heavy atom. The van der Waals surface area contributed by atoms with Gasteiger partial charge in [0, 0.05) is 24.8 Å². The lowest BCUT2D eigenvalue weighted by Gasteiger charge is -2.38. The molecule has 20 heavy (non-hydrogen) atoms. The van der Waals surface area contributed by atoms with Crippen molar-refractivity contribution in [1.82, 2.24) is 0 Å². The van der Waals surface area contributed by atoms with Crippen LogP contribution in [0.2, 0.25) is 0 Å². The molecule has 0 spiro atoms. The highest BCUT2D eigenvalue weighted by molar-refractivity contribution is 5.57. The minimum Gasteiger partial charge on any atom is -0.495 e. The predicted octanol–water partition coefficient (Wildman–Crippen LogP) is 2.55. The normalized spacial score (nSPS) is 16.9. The minimum absolute atomic E-state index is 0.346. The molecular formula is C16H22N2O2. The Morgan fingerprint density at radius 1 is 1.35 bits per heavy atom. The van der Waals surface area contributed by atoms with Crippen LogP contribution >= 0.6 is 0 Å². The monoisotopic (exact) mass is 274 g/mol. The molecule has 1 saturated heterocycles. The number of methoxy groups -OCH3 is 1. The van der Waals surface area contributed by atoms with Gasteiger partial charge in [0.2, 0.25) is 0 Å². The molecule has 4 heteroatoms. The highest BCUT2D eigenvalue weighted by atomic mass is 16.5. The average Bonchev–Trinajstić information content (AvgIpc) is 2.45. The SMILES string of the molecule is COc1cc(N2CCC(C(C)(C)O)CC2)ccc1C#N. The first-order chi connectivity index (χ1) is 9.45. The van der Waals surface area contributed by atoms with Crippen LogP contribution in [0, 0.1) is 17.2 Å². The van der Waals surface area contributed by atoms with E-state index < -0.39 is 5.60 Å². The standard InChI is InChI=1S/C16H22N2O2/c1-16(2,19)13-6-8-18(9-7-13)14-5-4-12(11-17)15(10-14)20-3/h4-5,10,13,19H,6-9H2,1-3H3. The fourth-order valence-corrected chi connectivity index (χ4v) is 2.81. The van der Waals surface area contributed by atoms with Gasteiger partial charge < -0.3 is 14.7 Å². The van der Waals surface area contributed by atoms with E-state index in [0.717, 1.165) is 31.6 Å². The van der Waals surface area contributed by atoms with Crippen LogP contribution < -0.4 is 9.64 Å². The Hall–Kier alpha value is -1.73. The van der Waals surface area contributed by atoms with E-state index >= 15 is 0 Å². The van der Waals surface area contributed by atoms with Gasteiger partial charge in [0.1, 0.15) is 11.8 Å². The van der Waals surface area contributed by atoms with Crippen molar-refractivity contribution in [3.05, 3.63) is 23.8 Å². The molecule has 1 aliphatic heterocycles. The van der Waals surface area contributed by atoms with Crippen molar-refractivity contribution in [3.8, 4) is 11.8 Å². The number of nitriles is 1. The van der Waals surface area contributed by atoms with Crippen LogP contribution in [0.15, 0.2) is 18.2 Å². The van der Waals surface area contributed by atoms with Gasteiger partial charge in [0.25, 0.3) is 0 Å². The lowest BCUT2D eigenvalue weighted by Crippen LogP contribution is -2.41. The number of hydrogen-bond donors (Lipinski definition) is 1. The predicted molar refractivity (Wildman–Crippen MR) is 78.9 cm³/mol. The maximum Gasteiger partial charge on any atom is 0.138 e. The molecule has 0 saturated carbocycles. The lowest BCUT2D eigenvalue weighted by molar-refractivity contribution is 0.00651. The summed E-state index contributed by atoms with van der Waals surface area (Å²) in [5, 5.41) is 19.1. The van der Waals surface area contributed by atoms with Crippen LogP contribution in [0.4, 0.5) is 5.69 Å².